The molecule has 1 fully saturated rings. The average Bonchev–Trinajstić information content (AvgIpc) is 3.05. The second-order valence-electron chi connectivity index (χ2n) is 8.49. The number of amides is 1. The molecular weight excluding hydrogens is 439 g/mol. The van der Waals surface area contributed by atoms with Crippen molar-refractivity contribution in [3.05, 3.63) is 87.6 Å². The van der Waals surface area contributed by atoms with Crippen LogP contribution in [0.5, 0.6) is 0 Å². The van der Waals surface area contributed by atoms with Crippen LogP contribution in [0.1, 0.15) is 34.6 Å². The molecule has 5 nitrogen and oxygen atoms in total. The van der Waals surface area contributed by atoms with Gasteiger partial charge in [-0.2, -0.15) is 0 Å². The van der Waals surface area contributed by atoms with E-state index in [1.807, 2.05) is 43.0 Å². The Balaban J connectivity index is 1.49. The Morgan fingerprint density at radius 3 is 2.36 bits per heavy atom. The maximum absolute atomic E-state index is 13.2. The number of aryl methyl sites for hydroxylation is 2. The van der Waals surface area contributed by atoms with Crippen LogP contribution in [0.25, 0.3) is 0 Å². The fourth-order valence-electron chi connectivity index (χ4n) is 4.26. The van der Waals surface area contributed by atoms with Crippen LogP contribution >= 0.6 is 11.6 Å². The molecule has 1 saturated heterocycles. The van der Waals surface area contributed by atoms with Gasteiger partial charge in [0.05, 0.1) is 6.42 Å². The number of hydrogen-bond donors (Lipinski definition) is 0. The predicted octanol–water partition coefficient (Wildman–Crippen LogP) is 4.76. The van der Waals surface area contributed by atoms with Crippen molar-refractivity contribution < 1.29 is 9.18 Å². The summed E-state index contributed by atoms with van der Waals surface area (Å²) in [5, 5.41) is 0.716. The third-order valence-electron chi connectivity index (χ3n) is 6.01. The van der Waals surface area contributed by atoms with Gasteiger partial charge in [-0.1, -0.05) is 35.9 Å². The molecule has 2 heterocycles. The molecule has 172 valence electrons. The second kappa shape index (κ2) is 10.3. The van der Waals surface area contributed by atoms with Gasteiger partial charge in [0.25, 0.3) is 0 Å². The maximum Gasteiger partial charge on any atom is 0.227 e. The number of hydrogen-bond acceptors (Lipinski definition) is 4. The molecule has 0 bridgehead atoms. The maximum atomic E-state index is 13.2. The normalized spacial score (nSPS) is 14.3. The molecule has 0 aliphatic carbocycles. The highest BCUT2D eigenvalue weighted by atomic mass is 35.5. The highest BCUT2D eigenvalue weighted by molar-refractivity contribution is 6.30. The van der Waals surface area contributed by atoms with Gasteiger partial charge in [0.1, 0.15) is 17.5 Å². The molecule has 0 spiro atoms. The summed E-state index contributed by atoms with van der Waals surface area (Å²) in [6, 6.07) is 14.0. The fourth-order valence-corrected chi connectivity index (χ4v) is 4.39. The van der Waals surface area contributed by atoms with E-state index in [2.05, 4.69) is 9.88 Å². The van der Waals surface area contributed by atoms with Gasteiger partial charge >= 0.3 is 0 Å². The summed E-state index contributed by atoms with van der Waals surface area (Å²) >= 11 is 6.05. The quantitative estimate of drug-likeness (QED) is 0.544. The van der Waals surface area contributed by atoms with Crippen LogP contribution in [0.15, 0.2) is 48.5 Å². The minimum atomic E-state index is -0.290. The monoisotopic (exact) mass is 466 g/mol. The molecule has 0 radical (unpaired) electrons. The van der Waals surface area contributed by atoms with Crippen molar-refractivity contribution in [1.82, 2.24) is 14.9 Å². The first-order valence-electron chi connectivity index (χ1n) is 11.2. The molecule has 3 aromatic rings. The molecule has 33 heavy (non-hydrogen) atoms. The Morgan fingerprint density at radius 1 is 0.939 bits per heavy atom. The third kappa shape index (κ3) is 5.88. The first-order valence-corrected chi connectivity index (χ1v) is 11.6. The summed E-state index contributed by atoms with van der Waals surface area (Å²) in [4.78, 5) is 26.5. The first kappa shape index (κ1) is 23.2. The van der Waals surface area contributed by atoms with Crippen LogP contribution < -0.4 is 4.90 Å². The lowest BCUT2D eigenvalue weighted by atomic mass is 10.0. The molecule has 1 aliphatic rings. The molecule has 1 aromatic heterocycles. The molecule has 0 unspecified atom stereocenters. The average molecular weight is 467 g/mol. The minimum absolute atomic E-state index is 0.0693. The first-order chi connectivity index (χ1) is 15.9. The third-order valence-corrected chi connectivity index (χ3v) is 6.27. The van der Waals surface area contributed by atoms with Crippen molar-refractivity contribution in [3.8, 4) is 0 Å². The zero-order chi connectivity index (χ0) is 23.4. The van der Waals surface area contributed by atoms with Crippen LogP contribution in [0, 0.1) is 19.7 Å². The van der Waals surface area contributed by atoms with E-state index in [1.165, 1.54) is 12.1 Å². The van der Waals surface area contributed by atoms with Crippen molar-refractivity contribution in [2.75, 3.05) is 31.1 Å². The highest BCUT2D eigenvalue weighted by Gasteiger charge is 2.23. The van der Waals surface area contributed by atoms with Crippen molar-refractivity contribution in [2.45, 2.75) is 33.1 Å². The van der Waals surface area contributed by atoms with E-state index < -0.39 is 0 Å². The van der Waals surface area contributed by atoms with Crippen LogP contribution in [0.4, 0.5) is 10.2 Å². The van der Waals surface area contributed by atoms with Gasteiger partial charge in [-0.15, -0.1) is 0 Å². The molecule has 4 rings (SSSR count). The molecule has 1 aliphatic heterocycles. The number of benzene rings is 2. The van der Waals surface area contributed by atoms with E-state index in [4.69, 9.17) is 16.6 Å². The summed E-state index contributed by atoms with van der Waals surface area (Å²) in [6.45, 7) is 6.80. The Morgan fingerprint density at radius 2 is 1.64 bits per heavy atom. The van der Waals surface area contributed by atoms with Crippen molar-refractivity contribution in [3.63, 3.8) is 0 Å². The Hall–Kier alpha value is -2.99. The van der Waals surface area contributed by atoms with E-state index >= 15 is 0 Å². The molecule has 0 atom stereocenters. The van der Waals surface area contributed by atoms with Crippen molar-refractivity contribution in [2.24, 2.45) is 0 Å². The fraction of sp³-hybridized carbons (Fsp3) is 0.346. The Bertz CT molecular complexity index is 1120. The smallest absolute Gasteiger partial charge is 0.227 e. The summed E-state index contributed by atoms with van der Waals surface area (Å²) in [7, 11) is 0. The van der Waals surface area contributed by atoms with E-state index in [1.54, 1.807) is 12.1 Å². The number of halogens is 2. The minimum Gasteiger partial charge on any atom is -0.354 e. The van der Waals surface area contributed by atoms with Gasteiger partial charge in [-0.25, -0.2) is 14.4 Å². The van der Waals surface area contributed by atoms with Crippen LogP contribution in [0.2, 0.25) is 5.02 Å². The van der Waals surface area contributed by atoms with Gasteiger partial charge in [0, 0.05) is 48.9 Å². The van der Waals surface area contributed by atoms with Crippen LogP contribution in [0.3, 0.4) is 0 Å². The summed E-state index contributed by atoms with van der Waals surface area (Å²) in [6.07, 6.45) is 1.87. The number of aromatic nitrogens is 2. The molecule has 2 aromatic carbocycles. The van der Waals surface area contributed by atoms with Gasteiger partial charge < -0.3 is 9.80 Å². The standard InChI is InChI=1S/C26H28ClFN4O/c1-18-24(16-20-4-8-22(27)9-5-20)26(30-19(2)29-18)32-13-3-12-31(14-15-32)25(33)17-21-6-10-23(28)11-7-21/h4-11H,3,12-17H2,1-2H3. The second-order valence-corrected chi connectivity index (χ2v) is 8.92. The van der Waals surface area contributed by atoms with Crippen LogP contribution in [-0.4, -0.2) is 47.0 Å². The lowest BCUT2D eigenvalue weighted by Gasteiger charge is -2.26. The van der Waals surface area contributed by atoms with E-state index in [0.717, 1.165) is 53.4 Å². The van der Waals surface area contributed by atoms with Crippen molar-refractivity contribution in [1.29, 1.82) is 0 Å². The zero-order valence-electron chi connectivity index (χ0n) is 19.0. The van der Waals surface area contributed by atoms with Crippen LogP contribution in [-0.2, 0) is 17.6 Å². The number of carbonyl (C=O) groups is 1. The van der Waals surface area contributed by atoms with Gasteiger partial charge in [0.2, 0.25) is 5.91 Å². The molecule has 0 saturated carbocycles. The summed E-state index contributed by atoms with van der Waals surface area (Å²) in [5.41, 5.74) is 4.06. The number of nitrogens with zero attached hydrogens (tertiary/aromatic N) is 4. The molecule has 0 N–H and O–H groups in total. The van der Waals surface area contributed by atoms with E-state index in [9.17, 15) is 9.18 Å². The summed E-state index contributed by atoms with van der Waals surface area (Å²) in [5.74, 6) is 1.47. The topological polar surface area (TPSA) is 49.3 Å². The SMILES string of the molecule is Cc1nc(C)c(Cc2ccc(Cl)cc2)c(N2CCCN(C(=O)Cc3ccc(F)cc3)CC2)n1. The predicted molar refractivity (Wildman–Crippen MR) is 129 cm³/mol. The number of anilines is 1. The number of carbonyl (C=O) groups excluding carboxylic acids is 1. The zero-order valence-corrected chi connectivity index (χ0v) is 19.8. The Kier molecular flexibility index (Phi) is 7.23. The van der Waals surface area contributed by atoms with Crippen molar-refractivity contribution >= 4 is 23.3 Å². The lowest BCUT2D eigenvalue weighted by molar-refractivity contribution is -0.130. The van der Waals surface area contributed by atoms with Gasteiger partial charge in [0.15, 0.2) is 0 Å². The van der Waals surface area contributed by atoms with E-state index in [-0.39, 0.29) is 18.1 Å². The largest absolute Gasteiger partial charge is 0.354 e. The lowest BCUT2D eigenvalue weighted by Crippen LogP contribution is -2.36. The van der Waals surface area contributed by atoms with Gasteiger partial charge in [-0.05, 0) is 55.7 Å². The molecule has 7 heteroatoms. The summed E-state index contributed by atoms with van der Waals surface area (Å²) < 4.78 is 13.2. The molecule has 1 amide bonds. The highest BCUT2D eigenvalue weighted by Crippen LogP contribution is 2.26. The Labute approximate surface area is 199 Å². The van der Waals surface area contributed by atoms with Gasteiger partial charge in [-0.3, -0.25) is 4.79 Å². The number of rotatable bonds is 5. The van der Waals surface area contributed by atoms with E-state index in [0.29, 0.717) is 24.7 Å². The molecular formula is C26H28ClFN4O.